The Balaban J connectivity index is 1.82. The molecule has 0 spiro atoms. The Hall–Kier alpha value is -2.60. The summed E-state index contributed by atoms with van der Waals surface area (Å²) >= 11 is 5.97. The van der Waals surface area contributed by atoms with Gasteiger partial charge in [0, 0.05) is 24.0 Å². The van der Waals surface area contributed by atoms with E-state index in [1.807, 2.05) is 19.1 Å². The molecule has 0 aliphatic carbocycles. The molecule has 0 bridgehead atoms. The van der Waals surface area contributed by atoms with E-state index in [2.05, 4.69) is 15.4 Å². The molecule has 6 nitrogen and oxygen atoms in total. The van der Waals surface area contributed by atoms with Crippen molar-refractivity contribution in [2.45, 2.75) is 13.5 Å². The number of halogens is 1. The Morgan fingerprint density at radius 3 is 3.05 bits per heavy atom. The number of benzene rings is 1. The molecule has 1 amide bonds. The van der Waals surface area contributed by atoms with Crippen molar-refractivity contribution in [2.24, 2.45) is 0 Å². The molecule has 112 valence electrons. The Kier molecular flexibility index (Phi) is 3.68. The Morgan fingerprint density at radius 1 is 1.45 bits per heavy atom. The quantitative estimate of drug-likeness (QED) is 0.774. The Morgan fingerprint density at radius 2 is 2.27 bits per heavy atom. The Labute approximate surface area is 130 Å². The molecule has 0 atom stereocenters. The zero-order chi connectivity index (χ0) is 15.7. The molecule has 22 heavy (non-hydrogen) atoms. The molecule has 0 fully saturated rings. The van der Waals surface area contributed by atoms with E-state index in [4.69, 9.17) is 11.6 Å². The van der Waals surface area contributed by atoms with Crippen LogP contribution in [0.15, 0.2) is 41.6 Å². The van der Waals surface area contributed by atoms with Crippen molar-refractivity contribution in [1.29, 1.82) is 0 Å². The number of aromatic nitrogens is 3. The molecular weight excluding hydrogens is 304 g/mol. The lowest BCUT2D eigenvalue weighted by Crippen LogP contribution is -2.24. The standard InChI is InChI=1S/C15H13ClN4O2/c1-9-6-10(2-3-12(9)16)7-18-14(21)11-8-19-20-5-4-17-15(22)13(11)20/h2-6,8H,7H2,1H3,(H,17,22)(H,18,21). The van der Waals surface area contributed by atoms with Crippen LogP contribution in [-0.2, 0) is 6.54 Å². The van der Waals surface area contributed by atoms with Crippen molar-refractivity contribution in [1.82, 2.24) is 19.9 Å². The van der Waals surface area contributed by atoms with Gasteiger partial charge in [0.25, 0.3) is 11.5 Å². The fourth-order valence-electron chi connectivity index (χ4n) is 2.21. The smallest absolute Gasteiger partial charge is 0.274 e. The first-order valence-corrected chi connectivity index (χ1v) is 7.02. The minimum absolute atomic E-state index is 0.229. The third kappa shape index (κ3) is 2.60. The molecule has 2 heterocycles. The van der Waals surface area contributed by atoms with Gasteiger partial charge in [-0.1, -0.05) is 23.7 Å². The van der Waals surface area contributed by atoms with Gasteiger partial charge in [-0.3, -0.25) is 9.59 Å². The largest absolute Gasteiger partial charge is 0.348 e. The van der Waals surface area contributed by atoms with Crippen LogP contribution in [-0.4, -0.2) is 20.5 Å². The first-order chi connectivity index (χ1) is 10.6. The molecule has 0 saturated heterocycles. The van der Waals surface area contributed by atoms with E-state index in [0.29, 0.717) is 11.6 Å². The number of fused-ring (bicyclic) bond motifs is 1. The third-order valence-electron chi connectivity index (χ3n) is 3.36. The van der Waals surface area contributed by atoms with E-state index >= 15 is 0 Å². The molecule has 3 aromatic rings. The number of amides is 1. The van der Waals surface area contributed by atoms with Crippen LogP contribution >= 0.6 is 11.6 Å². The highest BCUT2D eigenvalue weighted by atomic mass is 35.5. The zero-order valence-electron chi connectivity index (χ0n) is 11.8. The lowest BCUT2D eigenvalue weighted by atomic mass is 10.1. The first-order valence-electron chi connectivity index (χ1n) is 6.64. The van der Waals surface area contributed by atoms with Gasteiger partial charge in [-0.15, -0.1) is 0 Å². The van der Waals surface area contributed by atoms with Crippen molar-refractivity contribution in [3.05, 3.63) is 68.9 Å². The molecule has 0 saturated carbocycles. The maximum atomic E-state index is 12.3. The summed E-state index contributed by atoms with van der Waals surface area (Å²) in [5.74, 6) is -0.348. The van der Waals surface area contributed by atoms with Crippen molar-refractivity contribution in [2.75, 3.05) is 0 Å². The highest BCUT2D eigenvalue weighted by molar-refractivity contribution is 6.31. The summed E-state index contributed by atoms with van der Waals surface area (Å²) in [6.07, 6.45) is 4.43. The van der Waals surface area contributed by atoms with Crippen LogP contribution in [0.25, 0.3) is 5.52 Å². The SMILES string of the molecule is Cc1cc(CNC(=O)c2cnn3cc[nH]c(=O)c23)ccc1Cl. The van der Waals surface area contributed by atoms with Gasteiger partial charge in [0.15, 0.2) is 0 Å². The van der Waals surface area contributed by atoms with E-state index in [-0.39, 0.29) is 22.5 Å². The minimum atomic E-state index is -0.354. The van der Waals surface area contributed by atoms with Gasteiger partial charge in [-0.2, -0.15) is 5.10 Å². The van der Waals surface area contributed by atoms with Crippen molar-refractivity contribution in [3.8, 4) is 0 Å². The number of nitrogens with one attached hydrogen (secondary N) is 2. The number of H-pyrrole nitrogens is 1. The number of nitrogens with zero attached hydrogens (tertiary/aromatic N) is 2. The van der Waals surface area contributed by atoms with Crippen LogP contribution in [0.2, 0.25) is 5.02 Å². The zero-order valence-corrected chi connectivity index (χ0v) is 12.5. The maximum Gasteiger partial charge on any atom is 0.274 e. The van der Waals surface area contributed by atoms with Gasteiger partial charge in [-0.05, 0) is 24.1 Å². The van der Waals surface area contributed by atoms with Crippen LogP contribution < -0.4 is 10.9 Å². The van der Waals surface area contributed by atoms with E-state index in [1.54, 1.807) is 12.3 Å². The van der Waals surface area contributed by atoms with Crippen molar-refractivity contribution >= 4 is 23.0 Å². The summed E-state index contributed by atoms with van der Waals surface area (Å²) in [6.45, 7) is 2.25. The summed E-state index contributed by atoms with van der Waals surface area (Å²) in [5.41, 5.74) is 1.99. The number of aryl methyl sites for hydroxylation is 1. The summed E-state index contributed by atoms with van der Waals surface area (Å²) in [5, 5.41) is 7.46. The summed E-state index contributed by atoms with van der Waals surface area (Å²) in [4.78, 5) is 26.6. The predicted molar refractivity (Wildman–Crippen MR) is 83.2 cm³/mol. The maximum absolute atomic E-state index is 12.3. The van der Waals surface area contributed by atoms with Crippen LogP contribution in [0.4, 0.5) is 0 Å². The monoisotopic (exact) mass is 316 g/mol. The normalized spacial score (nSPS) is 10.8. The number of rotatable bonds is 3. The van der Waals surface area contributed by atoms with Gasteiger partial charge >= 0.3 is 0 Å². The van der Waals surface area contributed by atoms with Gasteiger partial charge in [0.2, 0.25) is 0 Å². The second kappa shape index (κ2) is 5.65. The summed E-state index contributed by atoms with van der Waals surface area (Å²) in [6, 6.07) is 5.54. The van der Waals surface area contributed by atoms with E-state index in [9.17, 15) is 9.59 Å². The minimum Gasteiger partial charge on any atom is -0.348 e. The molecule has 0 radical (unpaired) electrons. The Bertz CT molecular complexity index is 913. The van der Waals surface area contributed by atoms with Gasteiger partial charge in [0.1, 0.15) is 5.52 Å². The fourth-order valence-corrected chi connectivity index (χ4v) is 2.33. The molecule has 2 aromatic heterocycles. The molecule has 2 N–H and O–H groups in total. The molecule has 0 aliphatic heterocycles. The number of carbonyl (C=O) groups excluding carboxylic acids is 1. The number of aromatic amines is 1. The number of hydrogen-bond donors (Lipinski definition) is 2. The van der Waals surface area contributed by atoms with Crippen molar-refractivity contribution < 1.29 is 4.79 Å². The van der Waals surface area contributed by atoms with Crippen molar-refractivity contribution in [3.63, 3.8) is 0 Å². The fraction of sp³-hybridized carbons (Fsp3) is 0.133. The molecule has 3 rings (SSSR count). The predicted octanol–water partition coefficient (Wildman–Crippen LogP) is 1.91. The van der Waals surface area contributed by atoms with Crippen LogP contribution in [0.1, 0.15) is 21.5 Å². The molecular formula is C15H13ClN4O2. The lowest BCUT2D eigenvalue weighted by Gasteiger charge is -2.06. The molecule has 0 aliphatic rings. The van der Waals surface area contributed by atoms with Gasteiger partial charge < -0.3 is 10.3 Å². The van der Waals surface area contributed by atoms with Gasteiger partial charge in [0.05, 0.1) is 11.8 Å². The average Bonchev–Trinajstić information content (AvgIpc) is 2.94. The number of carbonyl (C=O) groups is 1. The highest BCUT2D eigenvalue weighted by Gasteiger charge is 2.15. The highest BCUT2D eigenvalue weighted by Crippen LogP contribution is 2.16. The second-order valence-electron chi connectivity index (χ2n) is 4.91. The van der Waals surface area contributed by atoms with Crippen LogP contribution in [0.5, 0.6) is 0 Å². The third-order valence-corrected chi connectivity index (χ3v) is 3.78. The topological polar surface area (TPSA) is 79.3 Å². The van der Waals surface area contributed by atoms with Gasteiger partial charge in [-0.25, -0.2) is 4.52 Å². The average molecular weight is 317 g/mol. The first kappa shape index (κ1) is 14.3. The second-order valence-corrected chi connectivity index (χ2v) is 5.31. The van der Waals surface area contributed by atoms with E-state index in [0.717, 1.165) is 11.1 Å². The van der Waals surface area contributed by atoms with E-state index < -0.39 is 0 Å². The summed E-state index contributed by atoms with van der Waals surface area (Å²) in [7, 11) is 0. The number of hydrogen-bond acceptors (Lipinski definition) is 3. The van der Waals surface area contributed by atoms with E-state index in [1.165, 1.54) is 16.9 Å². The molecule has 0 unspecified atom stereocenters. The lowest BCUT2D eigenvalue weighted by molar-refractivity contribution is 0.0952. The van der Waals surface area contributed by atoms with Crippen LogP contribution in [0, 0.1) is 6.92 Å². The molecule has 7 heteroatoms. The molecule has 1 aromatic carbocycles. The summed E-state index contributed by atoms with van der Waals surface area (Å²) < 4.78 is 1.38. The van der Waals surface area contributed by atoms with Crippen LogP contribution in [0.3, 0.4) is 0 Å².